The molecule has 21 heavy (non-hydrogen) atoms. The molecular weight excluding hydrogens is 271 g/mol. The van der Waals surface area contributed by atoms with Gasteiger partial charge in [-0.2, -0.15) is 0 Å². The molecule has 4 nitrogen and oxygen atoms in total. The molecule has 1 unspecified atom stereocenters. The molecule has 1 amide bonds. The van der Waals surface area contributed by atoms with Crippen molar-refractivity contribution in [1.29, 1.82) is 0 Å². The van der Waals surface area contributed by atoms with Crippen molar-refractivity contribution in [2.45, 2.75) is 18.9 Å². The van der Waals surface area contributed by atoms with Gasteiger partial charge < -0.3 is 10.4 Å². The molecule has 2 rings (SSSR count). The standard InChI is InChI=1S/C16H17FN2O2/c17-14-4-2-13(3-5-14)15(20)11-19-16(21)6-1-12-7-9-18-10-8-12/h2-5,7-10,15,20H,1,6,11H2,(H,19,21). The summed E-state index contributed by atoms with van der Waals surface area (Å²) in [5.74, 6) is -0.486. The van der Waals surface area contributed by atoms with E-state index >= 15 is 0 Å². The minimum atomic E-state index is -0.838. The van der Waals surface area contributed by atoms with Gasteiger partial charge in [-0.3, -0.25) is 9.78 Å². The number of carbonyl (C=O) groups excluding carboxylic acids is 1. The summed E-state index contributed by atoms with van der Waals surface area (Å²) < 4.78 is 12.8. The summed E-state index contributed by atoms with van der Waals surface area (Å²) >= 11 is 0. The number of halogens is 1. The summed E-state index contributed by atoms with van der Waals surface area (Å²) in [6.07, 6.45) is 3.51. The van der Waals surface area contributed by atoms with Gasteiger partial charge in [0.15, 0.2) is 0 Å². The average Bonchev–Trinajstić information content (AvgIpc) is 2.52. The van der Waals surface area contributed by atoms with Gasteiger partial charge in [0.2, 0.25) is 5.91 Å². The van der Waals surface area contributed by atoms with Crippen molar-refractivity contribution < 1.29 is 14.3 Å². The van der Waals surface area contributed by atoms with E-state index in [0.29, 0.717) is 18.4 Å². The minimum absolute atomic E-state index is 0.112. The molecule has 1 atom stereocenters. The van der Waals surface area contributed by atoms with Gasteiger partial charge in [-0.1, -0.05) is 12.1 Å². The zero-order valence-corrected chi connectivity index (χ0v) is 11.5. The third kappa shape index (κ3) is 4.96. The summed E-state index contributed by atoms with van der Waals surface area (Å²) in [7, 11) is 0. The number of hydrogen-bond donors (Lipinski definition) is 2. The number of aliphatic hydroxyl groups excluding tert-OH is 1. The van der Waals surface area contributed by atoms with E-state index in [-0.39, 0.29) is 18.3 Å². The Kier molecular flexibility index (Phi) is 5.40. The summed E-state index contributed by atoms with van der Waals surface area (Å²) in [4.78, 5) is 15.6. The lowest BCUT2D eigenvalue weighted by atomic mass is 10.1. The molecule has 110 valence electrons. The lowest BCUT2D eigenvalue weighted by Crippen LogP contribution is -2.28. The fourth-order valence-electron chi connectivity index (χ4n) is 1.91. The van der Waals surface area contributed by atoms with Gasteiger partial charge in [0.25, 0.3) is 0 Å². The first-order valence-corrected chi connectivity index (χ1v) is 6.74. The van der Waals surface area contributed by atoms with E-state index in [0.717, 1.165) is 5.56 Å². The van der Waals surface area contributed by atoms with E-state index < -0.39 is 6.10 Å². The number of benzene rings is 1. The van der Waals surface area contributed by atoms with Crippen LogP contribution in [0.2, 0.25) is 0 Å². The fraction of sp³-hybridized carbons (Fsp3) is 0.250. The van der Waals surface area contributed by atoms with Gasteiger partial charge >= 0.3 is 0 Å². The molecule has 0 fully saturated rings. The highest BCUT2D eigenvalue weighted by Crippen LogP contribution is 2.12. The number of carbonyl (C=O) groups is 1. The number of aryl methyl sites for hydroxylation is 1. The predicted molar refractivity (Wildman–Crippen MR) is 76.9 cm³/mol. The van der Waals surface area contributed by atoms with Crippen LogP contribution >= 0.6 is 0 Å². The Bertz CT molecular complexity index is 573. The molecule has 0 radical (unpaired) electrons. The average molecular weight is 288 g/mol. The van der Waals surface area contributed by atoms with Crippen LogP contribution in [0.15, 0.2) is 48.8 Å². The van der Waals surface area contributed by atoms with Crippen LogP contribution in [0.25, 0.3) is 0 Å². The molecule has 1 heterocycles. The van der Waals surface area contributed by atoms with Crippen molar-refractivity contribution in [2.24, 2.45) is 0 Å². The van der Waals surface area contributed by atoms with Crippen LogP contribution in [0.1, 0.15) is 23.7 Å². The molecule has 1 aromatic heterocycles. The maximum absolute atomic E-state index is 12.8. The number of aromatic nitrogens is 1. The van der Waals surface area contributed by atoms with Crippen LogP contribution in [-0.2, 0) is 11.2 Å². The molecule has 0 aliphatic rings. The first-order valence-electron chi connectivity index (χ1n) is 6.74. The van der Waals surface area contributed by atoms with Crippen molar-refractivity contribution >= 4 is 5.91 Å². The maximum atomic E-state index is 12.8. The second kappa shape index (κ2) is 7.50. The Morgan fingerprint density at radius 3 is 2.52 bits per heavy atom. The number of pyridine rings is 1. The number of hydrogen-bond acceptors (Lipinski definition) is 3. The summed E-state index contributed by atoms with van der Waals surface area (Å²) in [5, 5.41) is 12.6. The van der Waals surface area contributed by atoms with Crippen molar-refractivity contribution in [3.63, 3.8) is 0 Å². The zero-order chi connectivity index (χ0) is 15.1. The van der Waals surface area contributed by atoms with Crippen molar-refractivity contribution in [1.82, 2.24) is 10.3 Å². The predicted octanol–water partition coefficient (Wildman–Crippen LogP) is 2.00. The van der Waals surface area contributed by atoms with Crippen LogP contribution in [0, 0.1) is 5.82 Å². The Balaban J connectivity index is 1.74. The Hall–Kier alpha value is -2.27. The van der Waals surface area contributed by atoms with Crippen LogP contribution in [-0.4, -0.2) is 22.5 Å². The van der Waals surface area contributed by atoms with Crippen molar-refractivity contribution in [3.05, 3.63) is 65.7 Å². The highest BCUT2D eigenvalue weighted by atomic mass is 19.1. The molecule has 1 aromatic carbocycles. The van der Waals surface area contributed by atoms with Crippen LogP contribution in [0.5, 0.6) is 0 Å². The van der Waals surface area contributed by atoms with E-state index in [1.54, 1.807) is 12.4 Å². The van der Waals surface area contributed by atoms with E-state index in [4.69, 9.17) is 0 Å². The van der Waals surface area contributed by atoms with Gasteiger partial charge in [-0.25, -0.2) is 4.39 Å². The van der Waals surface area contributed by atoms with Crippen molar-refractivity contribution in [3.8, 4) is 0 Å². The van der Waals surface area contributed by atoms with Gasteiger partial charge in [-0.05, 0) is 41.8 Å². The SMILES string of the molecule is O=C(CCc1ccncc1)NCC(O)c1ccc(F)cc1. The van der Waals surface area contributed by atoms with E-state index in [1.807, 2.05) is 12.1 Å². The fourth-order valence-corrected chi connectivity index (χ4v) is 1.91. The van der Waals surface area contributed by atoms with Crippen molar-refractivity contribution in [2.75, 3.05) is 6.54 Å². The highest BCUT2D eigenvalue weighted by molar-refractivity contribution is 5.76. The summed E-state index contributed by atoms with van der Waals surface area (Å²) in [6.45, 7) is 0.112. The van der Waals surface area contributed by atoms with Crippen LogP contribution in [0.3, 0.4) is 0 Å². The Labute approximate surface area is 122 Å². The lowest BCUT2D eigenvalue weighted by Gasteiger charge is -2.12. The number of rotatable bonds is 6. The van der Waals surface area contributed by atoms with E-state index in [9.17, 15) is 14.3 Å². The quantitative estimate of drug-likeness (QED) is 0.854. The third-order valence-electron chi connectivity index (χ3n) is 3.14. The van der Waals surface area contributed by atoms with Gasteiger partial charge in [-0.15, -0.1) is 0 Å². The van der Waals surface area contributed by atoms with Gasteiger partial charge in [0, 0.05) is 25.4 Å². The normalized spacial score (nSPS) is 11.9. The maximum Gasteiger partial charge on any atom is 0.220 e. The molecule has 2 aromatic rings. The molecule has 0 aliphatic carbocycles. The Morgan fingerprint density at radius 1 is 1.19 bits per heavy atom. The second-order valence-electron chi connectivity index (χ2n) is 4.73. The van der Waals surface area contributed by atoms with E-state index in [2.05, 4.69) is 10.3 Å². The topological polar surface area (TPSA) is 62.2 Å². The number of amides is 1. The molecular formula is C16H17FN2O2. The monoisotopic (exact) mass is 288 g/mol. The first-order chi connectivity index (χ1) is 10.1. The third-order valence-corrected chi connectivity index (χ3v) is 3.14. The number of nitrogens with zero attached hydrogens (tertiary/aromatic N) is 1. The minimum Gasteiger partial charge on any atom is -0.387 e. The highest BCUT2D eigenvalue weighted by Gasteiger charge is 2.09. The second-order valence-corrected chi connectivity index (χ2v) is 4.73. The van der Waals surface area contributed by atoms with Gasteiger partial charge in [0.1, 0.15) is 5.82 Å². The largest absolute Gasteiger partial charge is 0.387 e. The van der Waals surface area contributed by atoms with Crippen LogP contribution < -0.4 is 5.32 Å². The summed E-state index contributed by atoms with van der Waals surface area (Å²) in [5.41, 5.74) is 1.62. The van der Waals surface area contributed by atoms with E-state index in [1.165, 1.54) is 24.3 Å². The molecule has 2 N–H and O–H groups in total. The molecule has 5 heteroatoms. The molecule has 0 spiro atoms. The zero-order valence-electron chi connectivity index (χ0n) is 11.5. The van der Waals surface area contributed by atoms with Crippen LogP contribution in [0.4, 0.5) is 4.39 Å². The summed E-state index contributed by atoms with van der Waals surface area (Å²) in [6, 6.07) is 9.29. The molecule has 0 aliphatic heterocycles. The number of aliphatic hydroxyl groups is 1. The molecule has 0 saturated carbocycles. The lowest BCUT2D eigenvalue weighted by molar-refractivity contribution is -0.121. The molecule has 0 bridgehead atoms. The smallest absolute Gasteiger partial charge is 0.220 e. The van der Waals surface area contributed by atoms with Gasteiger partial charge in [0.05, 0.1) is 6.10 Å². The Morgan fingerprint density at radius 2 is 1.86 bits per heavy atom. The number of nitrogens with one attached hydrogen (secondary N) is 1. The first kappa shape index (κ1) is 15.1. The molecule has 0 saturated heterocycles.